The molecule has 1 aliphatic rings. The molecule has 8 N–H and O–H groups in total. The molecule has 0 aromatic carbocycles. The van der Waals surface area contributed by atoms with Crippen molar-refractivity contribution in [2.45, 2.75) is 313 Å². The van der Waals surface area contributed by atoms with Crippen LogP contribution in [0.15, 0.2) is 0 Å². The lowest BCUT2D eigenvalue weighted by Gasteiger charge is -2.40. The first-order chi connectivity index (χ1) is 30.7. The number of amides is 1. The third-order valence-electron chi connectivity index (χ3n) is 13.4. The van der Waals surface area contributed by atoms with Crippen LogP contribution in [-0.2, 0) is 14.3 Å². The Labute approximate surface area is 386 Å². The number of hydrogen-bond donors (Lipinski definition) is 8. The van der Waals surface area contributed by atoms with Gasteiger partial charge in [-0.2, -0.15) is 0 Å². The number of unbranched alkanes of at least 4 members (excludes halogenated alkanes) is 34. The molecule has 0 aromatic rings. The van der Waals surface area contributed by atoms with Gasteiger partial charge >= 0.3 is 0 Å². The van der Waals surface area contributed by atoms with Crippen LogP contribution in [0, 0.1) is 0 Å². The fraction of sp³-hybridized carbons (Fsp3) is 0.981. The lowest BCUT2D eigenvalue weighted by molar-refractivity contribution is -0.303. The Morgan fingerprint density at radius 2 is 0.825 bits per heavy atom. The molecule has 1 fully saturated rings. The molecule has 63 heavy (non-hydrogen) atoms. The van der Waals surface area contributed by atoms with Crippen molar-refractivity contribution in [3.8, 4) is 0 Å². The van der Waals surface area contributed by atoms with Gasteiger partial charge in [0.15, 0.2) is 6.29 Å². The highest BCUT2D eigenvalue weighted by Crippen LogP contribution is 2.23. The van der Waals surface area contributed by atoms with E-state index in [1.165, 1.54) is 180 Å². The van der Waals surface area contributed by atoms with Crippen LogP contribution >= 0.6 is 0 Å². The van der Waals surface area contributed by atoms with E-state index in [4.69, 9.17) is 9.47 Å². The fourth-order valence-electron chi connectivity index (χ4n) is 8.97. The quantitative estimate of drug-likeness (QED) is 0.0273. The average molecular weight is 902 g/mol. The summed E-state index contributed by atoms with van der Waals surface area (Å²) in [7, 11) is 0. The summed E-state index contributed by atoms with van der Waals surface area (Å²) in [4.78, 5) is 13.1. The first-order valence-electron chi connectivity index (χ1n) is 26.9. The molecule has 9 atom stereocenters. The Morgan fingerprint density at radius 3 is 1.17 bits per heavy atom. The summed E-state index contributed by atoms with van der Waals surface area (Å²) in [5, 5.41) is 75.7. The second-order valence-electron chi connectivity index (χ2n) is 19.3. The Hall–Kier alpha value is -0.890. The number of aliphatic hydroxyl groups excluding tert-OH is 7. The van der Waals surface area contributed by atoms with Gasteiger partial charge in [0.25, 0.3) is 0 Å². The second-order valence-corrected chi connectivity index (χ2v) is 19.3. The van der Waals surface area contributed by atoms with E-state index in [2.05, 4.69) is 19.2 Å². The smallest absolute Gasteiger partial charge is 0.249 e. The van der Waals surface area contributed by atoms with Crippen molar-refractivity contribution in [3.63, 3.8) is 0 Å². The van der Waals surface area contributed by atoms with Crippen LogP contribution in [0.3, 0.4) is 0 Å². The summed E-state index contributed by atoms with van der Waals surface area (Å²) in [6.07, 6.45) is 34.6. The molecule has 1 rings (SSSR count). The van der Waals surface area contributed by atoms with Crippen LogP contribution in [-0.4, -0.2) is 110 Å². The van der Waals surface area contributed by atoms with Gasteiger partial charge in [-0.25, -0.2) is 0 Å². The highest BCUT2D eigenvalue weighted by Gasteiger charge is 2.44. The Bertz CT molecular complexity index is 991. The molecule has 0 spiro atoms. The van der Waals surface area contributed by atoms with Gasteiger partial charge in [-0.15, -0.1) is 0 Å². The van der Waals surface area contributed by atoms with Crippen molar-refractivity contribution >= 4 is 5.91 Å². The Balaban J connectivity index is 2.24. The van der Waals surface area contributed by atoms with Gasteiger partial charge in [-0.1, -0.05) is 245 Å². The maximum Gasteiger partial charge on any atom is 0.249 e. The van der Waals surface area contributed by atoms with Crippen molar-refractivity contribution in [2.24, 2.45) is 0 Å². The Morgan fingerprint density at radius 1 is 0.492 bits per heavy atom. The van der Waals surface area contributed by atoms with Crippen LogP contribution in [0.2, 0.25) is 0 Å². The molecule has 1 aliphatic heterocycles. The molecule has 1 heterocycles. The summed E-state index contributed by atoms with van der Waals surface area (Å²) < 4.78 is 11.1. The third kappa shape index (κ3) is 31.7. The zero-order valence-corrected chi connectivity index (χ0v) is 40.8. The Kier molecular flexibility index (Phi) is 40.5. The largest absolute Gasteiger partial charge is 0.394 e. The second kappa shape index (κ2) is 42.5. The van der Waals surface area contributed by atoms with E-state index in [0.717, 1.165) is 38.5 Å². The lowest BCUT2D eigenvalue weighted by atomic mass is 9.98. The maximum absolute atomic E-state index is 13.1. The van der Waals surface area contributed by atoms with E-state index >= 15 is 0 Å². The molecule has 11 nitrogen and oxygen atoms in total. The van der Waals surface area contributed by atoms with Gasteiger partial charge in [0.1, 0.15) is 36.6 Å². The van der Waals surface area contributed by atoms with Crippen LogP contribution in [0.5, 0.6) is 0 Å². The van der Waals surface area contributed by atoms with Crippen molar-refractivity contribution < 1.29 is 50.0 Å². The first kappa shape index (κ1) is 60.1. The number of aliphatic hydroxyl groups is 7. The molecule has 9 unspecified atom stereocenters. The van der Waals surface area contributed by atoms with E-state index in [-0.39, 0.29) is 6.42 Å². The monoisotopic (exact) mass is 902 g/mol. The molecular weight excluding hydrogens is 799 g/mol. The van der Waals surface area contributed by atoms with E-state index in [9.17, 15) is 40.5 Å². The average Bonchev–Trinajstić information content (AvgIpc) is 3.28. The minimum atomic E-state index is -1.66. The van der Waals surface area contributed by atoms with Crippen LogP contribution in [0.25, 0.3) is 0 Å². The van der Waals surface area contributed by atoms with Gasteiger partial charge in [0, 0.05) is 0 Å². The first-order valence-corrected chi connectivity index (χ1v) is 26.9. The van der Waals surface area contributed by atoms with Gasteiger partial charge < -0.3 is 50.5 Å². The van der Waals surface area contributed by atoms with Crippen molar-refractivity contribution in [2.75, 3.05) is 13.2 Å². The standard InChI is InChI=1S/C52H103NO10/c1-3-5-7-9-11-13-15-16-17-18-19-20-21-22-23-24-25-26-27-28-29-30-32-34-36-38-40-45(56)51(61)53-43(42-62-52-50(60)49(59)48(58)46(41-54)63-52)47(57)44(55)39-37-35-33-31-14-12-10-8-6-4-2/h43-50,52,54-60H,3-42H2,1-2H3,(H,53,61). The molecule has 1 amide bonds. The molecule has 0 bridgehead atoms. The number of carbonyl (C=O) groups excluding carboxylic acids is 1. The van der Waals surface area contributed by atoms with Crippen LogP contribution < -0.4 is 5.32 Å². The van der Waals surface area contributed by atoms with E-state index < -0.39 is 74.2 Å². The maximum atomic E-state index is 13.1. The summed E-state index contributed by atoms with van der Waals surface area (Å²) in [5.41, 5.74) is 0. The molecule has 376 valence electrons. The van der Waals surface area contributed by atoms with E-state index in [1.54, 1.807) is 0 Å². The lowest BCUT2D eigenvalue weighted by Crippen LogP contribution is -2.60. The molecule has 11 heteroatoms. The number of carbonyl (C=O) groups is 1. The van der Waals surface area contributed by atoms with Crippen molar-refractivity contribution in [3.05, 3.63) is 0 Å². The SMILES string of the molecule is CCCCCCCCCCCCCCCCCCCCCCCCCCCCC(O)C(=O)NC(COC1OC(CO)C(O)C(O)C1O)C(O)C(O)CCCCCCCCCCCC. The molecule has 1 saturated heterocycles. The number of nitrogens with one attached hydrogen (secondary N) is 1. The summed E-state index contributed by atoms with van der Waals surface area (Å²) >= 11 is 0. The minimum absolute atomic E-state index is 0.267. The molecule has 0 saturated carbocycles. The minimum Gasteiger partial charge on any atom is -0.394 e. The highest BCUT2D eigenvalue weighted by molar-refractivity contribution is 5.80. The van der Waals surface area contributed by atoms with Gasteiger partial charge in [-0.05, 0) is 12.8 Å². The molecule has 0 aromatic heterocycles. The van der Waals surface area contributed by atoms with Crippen molar-refractivity contribution in [1.29, 1.82) is 0 Å². The third-order valence-corrected chi connectivity index (χ3v) is 13.4. The molecule has 0 aliphatic carbocycles. The van der Waals surface area contributed by atoms with Gasteiger partial charge in [0.05, 0.1) is 25.4 Å². The number of rotatable bonds is 46. The van der Waals surface area contributed by atoms with Crippen LogP contribution in [0.4, 0.5) is 0 Å². The van der Waals surface area contributed by atoms with E-state index in [1.807, 2.05) is 0 Å². The highest BCUT2D eigenvalue weighted by atomic mass is 16.7. The number of hydrogen-bond acceptors (Lipinski definition) is 10. The summed E-state index contributed by atoms with van der Waals surface area (Å²) in [6.45, 7) is 3.45. The molecular formula is C52H103NO10. The van der Waals surface area contributed by atoms with E-state index in [0.29, 0.717) is 19.3 Å². The van der Waals surface area contributed by atoms with Crippen molar-refractivity contribution in [1.82, 2.24) is 5.32 Å². The predicted molar refractivity (Wildman–Crippen MR) is 256 cm³/mol. The molecule has 0 radical (unpaired) electrons. The van der Waals surface area contributed by atoms with Crippen LogP contribution in [0.1, 0.15) is 258 Å². The summed E-state index contributed by atoms with van der Waals surface area (Å²) in [5.74, 6) is -0.692. The summed E-state index contributed by atoms with van der Waals surface area (Å²) in [6, 6.07) is -1.16. The zero-order chi connectivity index (χ0) is 46.2. The predicted octanol–water partition coefficient (Wildman–Crippen LogP) is 10.2. The van der Waals surface area contributed by atoms with Gasteiger partial charge in [-0.3, -0.25) is 4.79 Å². The topological polar surface area (TPSA) is 189 Å². The zero-order valence-electron chi connectivity index (χ0n) is 40.8. The fourth-order valence-corrected chi connectivity index (χ4v) is 8.97. The normalized spacial score (nSPS) is 21.1. The van der Waals surface area contributed by atoms with Gasteiger partial charge in [0.2, 0.25) is 5.91 Å². The number of ether oxygens (including phenoxy) is 2.